The fourth-order valence-corrected chi connectivity index (χ4v) is 4.69. The van der Waals surface area contributed by atoms with Gasteiger partial charge < -0.3 is 17.7 Å². The summed E-state index contributed by atoms with van der Waals surface area (Å²) in [7, 11) is -3.08. The fourth-order valence-electron chi connectivity index (χ4n) is 2.82. The number of hydrogen-bond acceptors (Lipinski definition) is 5. The number of fused-ring (bicyclic) bond motifs is 7. The SMILES string of the molecule is c1ccc2cc(O[Si]34OCCN(CCO3)CCO4)ccc2c1. The summed E-state index contributed by atoms with van der Waals surface area (Å²) in [5.74, 6) is 0.739. The van der Waals surface area contributed by atoms with Gasteiger partial charge >= 0.3 is 9.05 Å². The number of benzene rings is 2. The van der Waals surface area contributed by atoms with E-state index in [1.54, 1.807) is 0 Å². The lowest BCUT2D eigenvalue weighted by Gasteiger charge is -2.36. The maximum absolute atomic E-state index is 6.11. The maximum atomic E-state index is 6.11. The smallest absolute Gasteiger partial charge is 0.480 e. The van der Waals surface area contributed by atoms with Gasteiger partial charge in [-0.3, -0.25) is 4.90 Å². The minimum Gasteiger partial charge on any atom is -0.480 e. The van der Waals surface area contributed by atoms with Crippen LogP contribution in [-0.2, 0) is 13.3 Å². The van der Waals surface area contributed by atoms with E-state index in [-0.39, 0.29) is 0 Å². The number of hydrogen-bond donors (Lipinski definition) is 0. The van der Waals surface area contributed by atoms with E-state index in [2.05, 4.69) is 17.0 Å². The van der Waals surface area contributed by atoms with Gasteiger partial charge in [0.15, 0.2) is 0 Å². The molecule has 3 fully saturated rings. The first-order valence-electron chi connectivity index (χ1n) is 7.65. The lowest BCUT2D eigenvalue weighted by Crippen LogP contribution is -2.59. The monoisotopic (exact) mass is 317 g/mol. The molecule has 0 saturated carbocycles. The van der Waals surface area contributed by atoms with E-state index in [1.807, 2.05) is 30.3 Å². The Morgan fingerprint density at radius 1 is 0.818 bits per heavy atom. The Balaban J connectivity index is 1.61. The van der Waals surface area contributed by atoms with E-state index >= 15 is 0 Å². The molecule has 0 aliphatic carbocycles. The van der Waals surface area contributed by atoms with Crippen LogP contribution in [0.5, 0.6) is 5.75 Å². The minimum absolute atomic E-state index is 0.583. The first kappa shape index (κ1) is 14.2. The highest BCUT2D eigenvalue weighted by Crippen LogP contribution is 2.25. The molecule has 5 nitrogen and oxygen atoms in total. The molecule has 5 rings (SSSR count). The molecule has 6 heteroatoms. The van der Waals surface area contributed by atoms with Crippen molar-refractivity contribution in [3.8, 4) is 5.75 Å². The van der Waals surface area contributed by atoms with Crippen LogP contribution in [0.15, 0.2) is 42.5 Å². The second kappa shape index (κ2) is 5.98. The van der Waals surface area contributed by atoms with Crippen LogP contribution in [0.3, 0.4) is 0 Å². The van der Waals surface area contributed by atoms with E-state index in [0.717, 1.165) is 30.8 Å². The van der Waals surface area contributed by atoms with E-state index in [4.69, 9.17) is 17.7 Å². The normalized spacial score (nSPS) is 28.8. The molecule has 3 aliphatic heterocycles. The van der Waals surface area contributed by atoms with Gasteiger partial charge in [-0.15, -0.1) is 0 Å². The van der Waals surface area contributed by atoms with Crippen molar-refractivity contribution in [1.82, 2.24) is 4.90 Å². The molecule has 2 bridgehead atoms. The van der Waals surface area contributed by atoms with Crippen molar-refractivity contribution in [2.24, 2.45) is 0 Å². The fraction of sp³-hybridized carbons (Fsp3) is 0.375. The summed E-state index contributed by atoms with van der Waals surface area (Å²) in [6.07, 6.45) is 0. The number of rotatable bonds is 2. The average molecular weight is 317 g/mol. The lowest BCUT2D eigenvalue weighted by atomic mass is 10.1. The van der Waals surface area contributed by atoms with Gasteiger partial charge in [0.05, 0.1) is 19.8 Å². The lowest BCUT2D eigenvalue weighted by molar-refractivity contribution is -0.0495. The molecule has 3 aliphatic rings. The molecule has 0 atom stereocenters. The van der Waals surface area contributed by atoms with Crippen LogP contribution in [0, 0.1) is 0 Å². The summed E-state index contributed by atoms with van der Waals surface area (Å²) in [5, 5.41) is 2.32. The van der Waals surface area contributed by atoms with Crippen LogP contribution >= 0.6 is 0 Å². The second-order valence-corrected chi connectivity index (χ2v) is 7.57. The maximum Gasteiger partial charge on any atom is 0.749 e. The van der Waals surface area contributed by atoms with Crippen LogP contribution in [0.1, 0.15) is 0 Å². The molecular weight excluding hydrogens is 298 g/mol. The van der Waals surface area contributed by atoms with E-state index in [1.165, 1.54) is 5.39 Å². The van der Waals surface area contributed by atoms with Gasteiger partial charge in [-0.25, -0.2) is 0 Å². The van der Waals surface area contributed by atoms with Gasteiger partial charge in [0, 0.05) is 19.6 Å². The highest BCUT2D eigenvalue weighted by atomic mass is 28.4. The zero-order valence-electron chi connectivity index (χ0n) is 12.4. The summed E-state index contributed by atoms with van der Waals surface area (Å²) in [5.41, 5.74) is 0. The summed E-state index contributed by atoms with van der Waals surface area (Å²) < 4.78 is 23.8. The average Bonchev–Trinajstić information content (AvgIpc) is 2.48. The highest BCUT2D eigenvalue weighted by Gasteiger charge is 2.50. The van der Waals surface area contributed by atoms with Crippen LogP contribution in [0.25, 0.3) is 10.8 Å². The molecule has 0 amide bonds. The van der Waals surface area contributed by atoms with Crippen LogP contribution in [0.2, 0.25) is 0 Å². The molecule has 2 aromatic carbocycles. The standard InChI is InChI=1S/C16H19NO4Si/c1-2-4-15-13-16(6-5-14(15)3-1)21-22-18-10-7-17(8-11-19-22)9-12-20-22/h1-6,13H,7-12H2. The van der Waals surface area contributed by atoms with Gasteiger partial charge in [-0.2, -0.15) is 0 Å². The number of nitrogens with zero attached hydrogens (tertiary/aromatic N) is 1. The van der Waals surface area contributed by atoms with Crippen molar-refractivity contribution < 1.29 is 17.7 Å². The van der Waals surface area contributed by atoms with Crippen molar-refractivity contribution in [1.29, 1.82) is 0 Å². The van der Waals surface area contributed by atoms with Gasteiger partial charge in [0.2, 0.25) is 0 Å². The van der Waals surface area contributed by atoms with Crippen molar-refractivity contribution in [2.75, 3.05) is 39.5 Å². The first-order chi connectivity index (χ1) is 10.8. The van der Waals surface area contributed by atoms with Crippen LogP contribution in [-0.4, -0.2) is 53.4 Å². The summed E-state index contributed by atoms with van der Waals surface area (Å²) >= 11 is 0. The molecule has 0 N–H and O–H groups in total. The Hall–Kier alpha value is -1.44. The quantitative estimate of drug-likeness (QED) is 0.793. The Morgan fingerprint density at radius 3 is 2.14 bits per heavy atom. The van der Waals surface area contributed by atoms with Gasteiger partial charge in [0.1, 0.15) is 5.75 Å². The third-order valence-corrected chi connectivity index (χ3v) is 6.18. The predicted molar refractivity (Wildman–Crippen MR) is 84.6 cm³/mol. The van der Waals surface area contributed by atoms with E-state index in [0.29, 0.717) is 19.8 Å². The molecule has 0 spiro atoms. The third kappa shape index (κ3) is 2.88. The largest absolute Gasteiger partial charge is 0.749 e. The zero-order valence-corrected chi connectivity index (χ0v) is 13.4. The molecule has 2 aromatic rings. The van der Waals surface area contributed by atoms with Gasteiger partial charge in [-0.1, -0.05) is 30.3 Å². The molecule has 0 aromatic heterocycles. The van der Waals surface area contributed by atoms with Crippen molar-refractivity contribution in [3.05, 3.63) is 42.5 Å². The highest BCUT2D eigenvalue weighted by molar-refractivity contribution is 6.54. The Morgan fingerprint density at radius 2 is 1.45 bits per heavy atom. The molecule has 0 radical (unpaired) electrons. The molecular formula is C16H19NO4Si. The summed E-state index contributed by atoms with van der Waals surface area (Å²) in [6, 6.07) is 14.2. The van der Waals surface area contributed by atoms with Gasteiger partial charge in [0.25, 0.3) is 0 Å². The molecule has 116 valence electrons. The van der Waals surface area contributed by atoms with E-state index in [9.17, 15) is 0 Å². The first-order valence-corrected chi connectivity index (χ1v) is 9.28. The van der Waals surface area contributed by atoms with E-state index < -0.39 is 9.05 Å². The Labute approximate surface area is 130 Å². The zero-order chi connectivity index (χ0) is 14.8. The van der Waals surface area contributed by atoms with Gasteiger partial charge in [-0.05, 0) is 22.9 Å². The molecule has 0 unspecified atom stereocenters. The predicted octanol–water partition coefficient (Wildman–Crippen LogP) is 2.03. The Kier molecular flexibility index (Phi) is 3.85. The minimum atomic E-state index is -3.08. The van der Waals surface area contributed by atoms with Crippen LogP contribution in [0.4, 0.5) is 0 Å². The third-order valence-electron chi connectivity index (χ3n) is 4.02. The van der Waals surface area contributed by atoms with Crippen molar-refractivity contribution >= 4 is 19.8 Å². The topological polar surface area (TPSA) is 40.2 Å². The van der Waals surface area contributed by atoms with Crippen molar-refractivity contribution in [2.45, 2.75) is 0 Å². The molecule has 3 saturated heterocycles. The second-order valence-electron chi connectivity index (χ2n) is 5.50. The Bertz CT molecular complexity index is 639. The molecule has 3 heterocycles. The summed E-state index contributed by atoms with van der Waals surface area (Å²) in [4.78, 5) is 2.29. The molecule has 22 heavy (non-hydrogen) atoms. The van der Waals surface area contributed by atoms with Crippen molar-refractivity contribution in [3.63, 3.8) is 0 Å². The summed E-state index contributed by atoms with van der Waals surface area (Å²) in [6.45, 7) is 4.47. The van der Waals surface area contributed by atoms with Crippen LogP contribution < -0.4 is 4.43 Å².